The fourth-order valence-corrected chi connectivity index (χ4v) is 2.42. The van der Waals surface area contributed by atoms with Crippen LogP contribution in [0.1, 0.15) is 0 Å². The third-order valence-corrected chi connectivity index (χ3v) is 3.46. The number of rotatable bonds is 7. The first kappa shape index (κ1) is 16.8. The topological polar surface area (TPSA) is 78.6 Å². The summed E-state index contributed by atoms with van der Waals surface area (Å²) in [7, 11) is -3.50. The van der Waals surface area contributed by atoms with E-state index in [-0.39, 0.29) is 25.6 Å². The second-order valence-electron chi connectivity index (χ2n) is 3.53. The van der Waals surface area contributed by atoms with Crippen LogP contribution in [0.3, 0.4) is 0 Å². The summed E-state index contributed by atoms with van der Waals surface area (Å²) in [4.78, 5) is 0. The Kier molecular flexibility index (Phi) is 6.65. The van der Waals surface area contributed by atoms with Crippen LogP contribution >= 0.6 is 34.8 Å². The number of halogens is 3. The Morgan fingerprint density at radius 1 is 1.05 bits per heavy atom. The third-order valence-electron chi connectivity index (χ3n) is 1.95. The highest BCUT2D eigenvalue weighted by molar-refractivity contribution is 7.89. The first-order valence-corrected chi connectivity index (χ1v) is 8.00. The molecule has 108 valence electrons. The summed E-state index contributed by atoms with van der Waals surface area (Å²) in [6, 6.07) is 3.01. The van der Waals surface area contributed by atoms with Crippen molar-refractivity contribution >= 4 is 44.8 Å². The molecule has 1 aromatic rings. The molecule has 2 N–H and O–H groups in total. The zero-order chi connectivity index (χ0) is 14.5. The van der Waals surface area contributed by atoms with E-state index in [9.17, 15) is 8.42 Å². The molecule has 1 aromatic carbocycles. The standard InChI is InChI=1S/C10H12Cl3NO4S/c11-7-5-8(12)10(9(13)6-7)18-2-1-17-3-4-19(14,15)16/h5-6H,1-4H2,(H2,14,15,16). The van der Waals surface area contributed by atoms with Crippen LogP contribution in [0, 0.1) is 0 Å². The van der Waals surface area contributed by atoms with E-state index in [1.54, 1.807) is 0 Å². The molecule has 0 aromatic heterocycles. The third kappa shape index (κ3) is 6.65. The molecule has 19 heavy (non-hydrogen) atoms. The molecule has 0 fully saturated rings. The minimum atomic E-state index is -3.50. The van der Waals surface area contributed by atoms with Gasteiger partial charge in [0.1, 0.15) is 6.61 Å². The van der Waals surface area contributed by atoms with E-state index in [4.69, 9.17) is 49.4 Å². The Morgan fingerprint density at radius 3 is 2.16 bits per heavy atom. The van der Waals surface area contributed by atoms with Crippen LogP contribution in [0.4, 0.5) is 0 Å². The maximum Gasteiger partial charge on any atom is 0.211 e. The fraction of sp³-hybridized carbons (Fsp3) is 0.400. The summed E-state index contributed by atoms with van der Waals surface area (Å²) in [5.74, 6) is 0.0675. The molecule has 0 spiro atoms. The second kappa shape index (κ2) is 7.52. The van der Waals surface area contributed by atoms with Crippen molar-refractivity contribution in [3.05, 3.63) is 27.2 Å². The van der Waals surface area contributed by atoms with Gasteiger partial charge in [-0.05, 0) is 12.1 Å². The van der Waals surface area contributed by atoms with Crippen LogP contribution in [0.2, 0.25) is 15.1 Å². The van der Waals surface area contributed by atoms with Crippen molar-refractivity contribution in [1.82, 2.24) is 0 Å². The summed E-state index contributed by atoms with van der Waals surface area (Å²) >= 11 is 17.6. The van der Waals surface area contributed by atoms with Gasteiger partial charge in [0, 0.05) is 5.02 Å². The van der Waals surface area contributed by atoms with Gasteiger partial charge in [-0.2, -0.15) is 0 Å². The number of primary sulfonamides is 1. The summed E-state index contributed by atoms with van der Waals surface area (Å²) in [6.07, 6.45) is 0. The number of hydrogen-bond donors (Lipinski definition) is 1. The van der Waals surface area contributed by atoms with E-state index in [1.807, 2.05) is 0 Å². The quantitative estimate of drug-likeness (QED) is 0.767. The number of hydrogen-bond acceptors (Lipinski definition) is 4. The van der Waals surface area contributed by atoms with Crippen molar-refractivity contribution < 1.29 is 17.9 Å². The molecule has 5 nitrogen and oxygen atoms in total. The van der Waals surface area contributed by atoms with Crippen molar-refractivity contribution in [3.63, 3.8) is 0 Å². The minimum absolute atomic E-state index is 0.00424. The normalized spacial score (nSPS) is 11.6. The number of benzene rings is 1. The first-order chi connectivity index (χ1) is 8.79. The Balaban J connectivity index is 2.34. The molecule has 0 atom stereocenters. The summed E-state index contributed by atoms with van der Waals surface area (Å²) in [5, 5.41) is 5.80. The highest BCUT2D eigenvalue weighted by atomic mass is 35.5. The van der Waals surface area contributed by atoms with Gasteiger partial charge in [0.15, 0.2) is 5.75 Å². The van der Waals surface area contributed by atoms with Gasteiger partial charge < -0.3 is 9.47 Å². The Bertz CT molecular complexity index is 513. The first-order valence-electron chi connectivity index (χ1n) is 5.15. The van der Waals surface area contributed by atoms with Crippen LogP contribution in [-0.2, 0) is 14.8 Å². The zero-order valence-electron chi connectivity index (χ0n) is 9.74. The van der Waals surface area contributed by atoms with E-state index in [0.717, 1.165) is 0 Å². The lowest BCUT2D eigenvalue weighted by atomic mass is 10.3. The van der Waals surface area contributed by atoms with Crippen LogP contribution in [0.5, 0.6) is 5.75 Å². The molecule has 0 heterocycles. The lowest BCUT2D eigenvalue weighted by Gasteiger charge is -2.10. The highest BCUT2D eigenvalue weighted by Gasteiger charge is 2.09. The summed E-state index contributed by atoms with van der Waals surface area (Å²) in [6.45, 7) is 0.362. The average molecular weight is 349 g/mol. The molecule has 0 aliphatic rings. The molecular formula is C10H12Cl3NO4S. The molecule has 9 heteroatoms. The summed E-state index contributed by atoms with van der Waals surface area (Å²) < 4.78 is 31.6. The highest BCUT2D eigenvalue weighted by Crippen LogP contribution is 2.35. The average Bonchev–Trinajstić information content (AvgIpc) is 2.24. The Hall–Kier alpha value is -0.240. The van der Waals surface area contributed by atoms with Gasteiger partial charge in [-0.15, -0.1) is 0 Å². The van der Waals surface area contributed by atoms with Crippen molar-refractivity contribution in [2.24, 2.45) is 5.14 Å². The number of sulfonamides is 1. The van der Waals surface area contributed by atoms with Crippen LogP contribution in [0.15, 0.2) is 12.1 Å². The molecule has 0 amide bonds. The van der Waals surface area contributed by atoms with Crippen LogP contribution in [0.25, 0.3) is 0 Å². The Morgan fingerprint density at radius 2 is 1.63 bits per heavy atom. The maximum absolute atomic E-state index is 10.6. The Labute approximate surface area is 126 Å². The van der Waals surface area contributed by atoms with Gasteiger partial charge in [0.05, 0.1) is 29.0 Å². The molecule has 0 radical (unpaired) electrons. The predicted molar refractivity (Wildman–Crippen MR) is 75.8 cm³/mol. The smallest absolute Gasteiger partial charge is 0.211 e. The molecule has 0 aliphatic carbocycles. The van der Waals surface area contributed by atoms with Gasteiger partial charge in [0.25, 0.3) is 0 Å². The van der Waals surface area contributed by atoms with E-state index in [0.29, 0.717) is 20.8 Å². The molecule has 0 unspecified atom stereocenters. The van der Waals surface area contributed by atoms with Gasteiger partial charge in [-0.3, -0.25) is 0 Å². The number of ether oxygens (including phenoxy) is 2. The van der Waals surface area contributed by atoms with Crippen LogP contribution < -0.4 is 9.88 Å². The zero-order valence-corrected chi connectivity index (χ0v) is 12.8. The van der Waals surface area contributed by atoms with Gasteiger partial charge >= 0.3 is 0 Å². The van der Waals surface area contributed by atoms with Crippen LogP contribution in [-0.4, -0.2) is 34.0 Å². The van der Waals surface area contributed by atoms with E-state index < -0.39 is 10.0 Å². The number of nitrogens with two attached hydrogens (primary N) is 1. The van der Waals surface area contributed by atoms with Crippen molar-refractivity contribution in [1.29, 1.82) is 0 Å². The van der Waals surface area contributed by atoms with Crippen molar-refractivity contribution in [3.8, 4) is 5.75 Å². The lowest BCUT2D eigenvalue weighted by Crippen LogP contribution is -2.21. The summed E-state index contributed by atoms with van der Waals surface area (Å²) in [5.41, 5.74) is 0. The molecule has 0 saturated heterocycles. The maximum atomic E-state index is 10.6. The molecular weight excluding hydrogens is 337 g/mol. The van der Waals surface area contributed by atoms with Gasteiger partial charge in [0.2, 0.25) is 10.0 Å². The minimum Gasteiger partial charge on any atom is -0.488 e. The fourth-order valence-electron chi connectivity index (χ4n) is 1.15. The monoisotopic (exact) mass is 347 g/mol. The van der Waals surface area contributed by atoms with E-state index >= 15 is 0 Å². The second-order valence-corrected chi connectivity index (χ2v) is 6.51. The van der Waals surface area contributed by atoms with Crippen molar-refractivity contribution in [2.75, 3.05) is 25.6 Å². The van der Waals surface area contributed by atoms with E-state index in [1.165, 1.54) is 12.1 Å². The lowest BCUT2D eigenvalue weighted by molar-refractivity contribution is 0.111. The van der Waals surface area contributed by atoms with E-state index in [2.05, 4.69) is 0 Å². The van der Waals surface area contributed by atoms with Gasteiger partial charge in [-0.1, -0.05) is 34.8 Å². The van der Waals surface area contributed by atoms with Gasteiger partial charge in [-0.25, -0.2) is 13.6 Å². The molecule has 0 aliphatic heterocycles. The van der Waals surface area contributed by atoms with Crippen molar-refractivity contribution in [2.45, 2.75) is 0 Å². The largest absolute Gasteiger partial charge is 0.488 e. The molecule has 0 saturated carbocycles. The molecule has 1 rings (SSSR count). The SMILES string of the molecule is NS(=O)(=O)CCOCCOc1c(Cl)cc(Cl)cc1Cl. The molecule has 0 bridgehead atoms. The predicted octanol–water partition coefficient (Wildman–Crippen LogP) is 2.33.